The second kappa shape index (κ2) is 7.10. The summed E-state index contributed by atoms with van der Waals surface area (Å²) in [6, 6.07) is 0. The zero-order valence-electron chi connectivity index (χ0n) is 6.80. The van der Waals surface area contributed by atoms with Gasteiger partial charge in [-0.3, -0.25) is 0 Å². The Balaban J connectivity index is 2.97. The lowest BCUT2D eigenvalue weighted by Gasteiger charge is -2.11. The van der Waals surface area contributed by atoms with Crippen LogP contribution in [0.5, 0.6) is 0 Å². The molecule has 0 spiro atoms. The highest BCUT2D eigenvalue weighted by atomic mass is 16.7. The second-order valence-electron chi connectivity index (χ2n) is 2.04. The first-order valence-corrected chi connectivity index (χ1v) is 3.74. The molecule has 0 aliphatic heterocycles. The average Bonchev–Trinajstić information content (AvgIpc) is 1.89. The molecule has 3 heteroatoms. The van der Waals surface area contributed by atoms with Gasteiger partial charge in [0, 0.05) is 13.2 Å². The lowest BCUT2D eigenvalue weighted by Crippen LogP contribution is -2.13. The van der Waals surface area contributed by atoms with Gasteiger partial charge in [0.05, 0.1) is 7.85 Å². The zero-order chi connectivity index (χ0) is 7.82. The molecule has 1 atom stereocenters. The van der Waals surface area contributed by atoms with Crippen LogP contribution in [-0.2, 0) is 9.47 Å². The molecular formula is C7H15BO2. The largest absolute Gasteiger partial charge is 0.353 e. The molecule has 2 nitrogen and oxygen atoms in total. The van der Waals surface area contributed by atoms with Crippen molar-refractivity contribution in [1.82, 2.24) is 0 Å². The van der Waals surface area contributed by atoms with Crippen LogP contribution < -0.4 is 0 Å². The van der Waals surface area contributed by atoms with Crippen molar-refractivity contribution >= 4 is 7.85 Å². The van der Waals surface area contributed by atoms with Crippen LogP contribution in [0.3, 0.4) is 0 Å². The van der Waals surface area contributed by atoms with Crippen molar-refractivity contribution in [3.05, 3.63) is 0 Å². The van der Waals surface area contributed by atoms with E-state index in [2.05, 4.69) is 0 Å². The molecule has 0 bridgehead atoms. The first-order valence-electron chi connectivity index (χ1n) is 3.74. The molecule has 0 aliphatic rings. The molecule has 58 valence electrons. The van der Waals surface area contributed by atoms with E-state index in [9.17, 15) is 0 Å². The van der Waals surface area contributed by atoms with Crippen molar-refractivity contribution in [3.8, 4) is 0 Å². The fourth-order valence-electron chi connectivity index (χ4n) is 0.615. The second-order valence-corrected chi connectivity index (χ2v) is 2.04. The third-order valence-electron chi connectivity index (χ3n) is 1.10. The third kappa shape index (κ3) is 6.11. The molecule has 1 unspecified atom stereocenters. The molecule has 0 heterocycles. The Labute approximate surface area is 64.3 Å². The Hall–Kier alpha value is -0.0151. The van der Waals surface area contributed by atoms with Crippen LogP contribution in [0.15, 0.2) is 0 Å². The number of hydrogen-bond acceptors (Lipinski definition) is 2. The fraction of sp³-hybridized carbons (Fsp3) is 1.00. The smallest absolute Gasteiger partial charge is 0.154 e. The van der Waals surface area contributed by atoms with E-state index in [-0.39, 0.29) is 6.29 Å². The van der Waals surface area contributed by atoms with Crippen LogP contribution >= 0.6 is 0 Å². The molecule has 0 N–H and O–H groups in total. The summed E-state index contributed by atoms with van der Waals surface area (Å²) in [5, 5.41) is 0. The van der Waals surface area contributed by atoms with Crippen LogP contribution in [0.2, 0.25) is 6.32 Å². The summed E-state index contributed by atoms with van der Waals surface area (Å²) in [4.78, 5) is 0. The maximum atomic E-state index is 5.27. The molecule has 2 radical (unpaired) electrons. The Morgan fingerprint density at radius 3 is 2.60 bits per heavy atom. The van der Waals surface area contributed by atoms with Crippen LogP contribution in [-0.4, -0.2) is 27.4 Å². The van der Waals surface area contributed by atoms with Crippen molar-refractivity contribution in [2.45, 2.75) is 32.9 Å². The minimum atomic E-state index is -0.0865. The van der Waals surface area contributed by atoms with Gasteiger partial charge in [-0.1, -0.05) is 6.32 Å². The lowest BCUT2D eigenvalue weighted by molar-refractivity contribution is -0.126. The molecular weight excluding hydrogens is 127 g/mol. The minimum absolute atomic E-state index is 0.0865. The summed E-state index contributed by atoms with van der Waals surface area (Å²) in [5.41, 5.74) is 0. The molecule has 0 fully saturated rings. The Kier molecular flexibility index (Phi) is 7.09. The van der Waals surface area contributed by atoms with E-state index >= 15 is 0 Å². The van der Waals surface area contributed by atoms with Crippen molar-refractivity contribution < 1.29 is 9.47 Å². The lowest BCUT2D eigenvalue weighted by atomic mass is 10.0. The van der Waals surface area contributed by atoms with E-state index in [1.165, 1.54) is 0 Å². The highest BCUT2D eigenvalue weighted by Crippen LogP contribution is 1.95. The topological polar surface area (TPSA) is 18.5 Å². The Morgan fingerprint density at radius 2 is 2.10 bits per heavy atom. The first kappa shape index (κ1) is 9.98. The SMILES string of the molecule is [B]CCCOC(C)OCC. The van der Waals surface area contributed by atoms with E-state index in [1.807, 2.05) is 13.8 Å². The van der Waals surface area contributed by atoms with Crippen LogP contribution in [0.25, 0.3) is 0 Å². The van der Waals surface area contributed by atoms with Gasteiger partial charge in [-0.25, -0.2) is 0 Å². The summed E-state index contributed by atoms with van der Waals surface area (Å²) >= 11 is 0. The van der Waals surface area contributed by atoms with Gasteiger partial charge in [-0.15, -0.1) is 0 Å². The summed E-state index contributed by atoms with van der Waals surface area (Å²) in [6.07, 6.45) is 1.49. The Bertz CT molecular complexity index is 68.6. The molecule has 0 aromatic rings. The van der Waals surface area contributed by atoms with E-state index in [4.69, 9.17) is 17.3 Å². The van der Waals surface area contributed by atoms with Gasteiger partial charge in [0.25, 0.3) is 0 Å². The third-order valence-corrected chi connectivity index (χ3v) is 1.10. The van der Waals surface area contributed by atoms with Gasteiger partial charge in [-0.05, 0) is 20.3 Å². The maximum Gasteiger partial charge on any atom is 0.154 e. The van der Waals surface area contributed by atoms with E-state index in [0.717, 1.165) is 6.42 Å². The van der Waals surface area contributed by atoms with Gasteiger partial charge in [0.15, 0.2) is 6.29 Å². The number of rotatable bonds is 6. The molecule has 10 heavy (non-hydrogen) atoms. The quantitative estimate of drug-likeness (QED) is 0.316. The predicted octanol–water partition coefficient (Wildman–Crippen LogP) is 1.36. The summed E-state index contributed by atoms with van der Waals surface area (Å²) in [7, 11) is 5.27. The number of hydrogen-bond donors (Lipinski definition) is 0. The average molecular weight is 142 g/mol. The maximum absolute atomic E-state index is 5.27. The van der Waals surface area contributed by atoms with Gasteiger partial charge in [-0.2, -0.15) is 0 Å². The van der Waals surface area contributed by atoms with Crippen molar-refractivity contribution in [3.63, 3.8) is 0 Å². The van der Waals surface area contributed by atoms with Crippen molar-refractivity contribution in [2.75, 3.05) is 13.2 Å². The Morgan fingerprint density at radius 1 is 1.40 bits per heavy atom. The minimum Gasteiger partial charge on any atom is -0.353 e. The highest BCUT2D eigenvalue weighted by Gasteiger charge is 1.97. The molecule has 0 amide bonds. The fourth-order valence-corrected chi connectivity index (χ4v) is 0.615. The molecule has 0 saturated carbocycles. The molecule has 0 aliphatic carbocycles. The van der Waals surface area contributed by atoms with Gasteiger partial charge in [0.1, 0.15) is 0 Å². The molecule has 0 aromatic heterocycles. The van der Waals surface area contributed by atoms with Crippen LogP contribution in [0.4, 0.5) is 0 Å². The zero-order valence-corrected chi connectivity index (χ0v) is 6.80. The van der Waals surface area contributed by atoms with Crippen LogP contribution in [0.1, 0.15) is 20.3 Å². The molecule has 0 rings (SSSR count). The van der Waals surface area contributed by atoms with Gasteiger partial charge in [0.2, 0.25) is 0 Å². The highest BCUT2D eigenvalue weighted by molar-refractivity contribution is 6.08. The van der Waals surface area contributed by atoms with E-state index < -0.39 is 0 Å². The van der Waals surface area contributed by atoms with Crippen LogP contribution in [0, 0.1) is 0 Å². The molecule has 0 saturated heterocycles. The summed E-state index contributed by atoms with van der Waals surface area (Å²) in [6.45, 7) is 5.23. The van der Waals surface area contributed by atoms with E-state index in [0.29, 0.717) is 19.5 Å². The molecule has 0 aromatic carbocycles. The number of ether oxygens (including phenoxy) is 2. The van der Waals surface area contributed by atoms with Crippen molar-refractivity contribution in [1.29, 1.82) is 0 Å². The summed E-state index contributed by atoms with van der Waals surface area (Å²) < 4.78 is 10.3. The van der Waals surface area contributed by atoms with E-state index in [1.54, 1.807) is 0 Å². The predicted molar refractivity (Wildman–Crippen MR) is 42.2 cm³/mol. The van der Waals surface area contributed by atoms with Crippen molar-refractivity contribution in [2.24, 2.45) is 0 Å². The normalized spacial score (nSPS) is 13.4. The first-order chi connectivity index (χ1) is 4.81. The van der Waals surface area contributed by atoms with Gasteiger partial charge >= 0.3 is 0 Å². The monoisotopic (exact) mass is 142 g/mol. The standard InChI is InChI=1S/C7H15BO2/c1-3-9-7(2)10-6-4-5-8/h7H,3-6H2,1-2H3. The summed E-state index contributed by atoms with van der Waals surface area (Å²) in [5.74, 6) is 0. The van der Waals surface area contributed by atoms with Gasteiger partial charge < -0.3 is 9.47 Å².